The first-order valence-corrected chi connectivity index (χ1v) is 7.00. The minimum absolute atomic E-state index is 0.259. The molecule has 0 fully saturated rings. The zero-order chi connectivity index (χ0) is 14.7. The molecule has 1 aliphatic rings. The van der Waals surface area contributed by atoms with Gasteiger partial charge in [-0.1, -0.05) is 12.1 Å². The SMILES string of the molecule is NNc1ccc(C(=O)Nc2cccc3c2CCCC3)nn1. The highest BCUT2D eigenvalue weighted by Gasteiger charge is 2.15. The van der Waals surface area contributed by atoms with Gasteiger partial charge < -0.3 is 10.7 Å². The molecule has 0 spiro atoms. The van der Waals surface area contributed by atoms with E-state index < -0.39 is 0 Å². The van der Waals surface area contributed by atoms with Crippen LogP contribution in [-0.2, 0) is 12.8 Å². The van der Waals surface area contributed by atoms with Crippen molar-refractivity contribution in [2.75, 3.05) is 10.7 Å². The fraction of sp³-hybridized carbons (Fsp3) is 0.267. The Morgan fingerprint density at radius 2 is 1.95 bits per heavy atom. The van der Waals surface area contributed by atoms with E-state index in [9.17, 15) is 4.79 Å². The van der Waals surface area contributed by atoms with Crippen molar-refractivity contribution in [3.8, 4) is 0 Å². The van der Waals surface area contributed by atoms with Gasteiger partial charge in [0.1, 0.15) is 0 Å². The van der Waals surface area contributed by atoms with Crippen LogP contribution in [0.4, 0.5) is 11.5 Å². The van der Waals surface area contributed by atoms with Crippen LogP contribution in [0.3, 0.4) is 0 Å². The lowest BCUT2D eigenvalue weighted by atomic mass is 9.90. The number of aromatic nitrogens is 2. The minimum Gasteiger partial charge on any atom is -0.320 e. The zero-order valence-corrected chi connectivity index (χ0v) is 11.6. The van der Waals surface area contributed by atoms with Crippen molar-refractivity contribution in [2.24, 2.45) is 5.84 Å². The van der Waals surface area contributed by atoms with Crippen molar-refractivity contribution in [1.29, 1.82) is 0 Å². The van der Waals surface area contributed by atoms with E-state index in [2.05, 4.69) is 27.0 Å². The van der Waals surface area contributed by atoms with Gasteiger partial charge in [-0.05, 0) is 55.0 Å². The van der Waals surface area contributed by atoms with E-state index in [1.165, 1.54) is 17.5 Å². The molecule has 6 heteroatoms. The molecule has 0 bridgehead atoms. The number of anilines is 2. The number of hydrogen-bond donors (Lipinski definition) is 3. The minimum atomic E-state index is -0.259. The van der Waals surface area contributed by atoms with E-state index in [1.54, 1.807) is 12.1 Å². The van der Waals surface area contributed by atoms with E-state index in [0.717, 1.165) is 24.9 Å². The summed E-state index contributed by atoms with van der Waals surface area (Å²) in [5, 5.41) is 10.6. The van der Waals surface area contributed by atoms with Crippen LogP contribution in [0.15, 0.2) is 30.3 Å². The van der Waals surface area contributed by atoms with E-state index in [0.29, 0.717) is 5.82 Å². The monoisotopic (exact) mass is 283 g/mol. The zero-order valence-electron chi connectivity index (χ0n) is 11.6. The Hall–Kier alpha value is -2.47. The molecule has 0 saturated carbocycles. The molecule has 1 aromatic carbocycles. The van der Waals surface area contributed by atoms with Gasteiger partial charge in [-0.25, -0.2) is 5.84 Å². The molecule has 0 saturated heterocycles. The summed E-state index contributed by atoms with van der Waals surface area (Å²) in [7, 11) is 0. The van der Waals surface area contributed by atoms with Gasteiger partial charge in [0.2, 0.25) is 0 Å². The van der Waals surface area contributed by atoms with Crippen LogP contribution in [0.5, 0.6) is 0 Å². The lowest BCUT2D eigenvalue weighted by Gasteiger charge is -2.19. The number of nitrogens with zero attached hydrogens (tertiary/aromatic N) is 2. The third-order valence-electron chi connectivity index (χ3n) is 3.69. The standard InChI is InChI=1S/C15H17N5O/c16-18-14-9-8-13(19-20-14)15(21)17-12-7-3-5-10-4-1-2-6-11(10)12/h3,5,7-9H,1-2,4,6,16H2,(H,17,21)(H,18,20). The van der Waals surface area contributed by atoms with Gasteiger partial charge >= 0.3 is 0 Å². The summed E-state index contributed by atoms with van der Waals surface area (Å²) < 4.78 is 0. The first kappa shape index (κ1) is 13.5. The van der Waals surface area contributed by atoms with Crippen LogP contribution in [0.1, 0.15) is 34.5 Å². The Morgan fingerprint density at radius 3 is 2.71 bits per heavy atom. The lowest BCUT2D eigenvalue weighted by Crippen LogP contribution is -2.18. The molecular weight excluding hydrogens is 266 g/mol. The predicted molar refractivity (Wildman–Crippen MR) is 80.9 cm³/mol. The number of nitrogens with two attached hydrogens (primary N) is 1. The van der Waals surface area contributed by atoms with E-state index in [-0.39, 0.29) is 11.6 Å². The first-order valence-electron chi connectivity index (χ1n) is 7.00. The molecule has 2 aromatic rings. The maximum atomic E-state index is 12.2. The van der Waals surface area contributed by atoms with Crippen molar-refractivity contribution in [1.82, 2.24) is 10.2 Å². The van der Waals surface area contributed by atoms with Crippen LogP contribution in [-0.4, -0.2) is 16.1 Å². The number of aryl methyl sites for hydroxylation is 1. The maximum Gasteiger partial charge on any atom is 0.276 e. The molecule has 0 unspecified atom stereocenters. The molecule has 0 aliphatic heterocycles. The van der Waals surface area contributed by atoms with Crippen LogP contribution >= 0.6 is 0 Å². The number of amides is 1. The Kier molecular flexibility index (Phi) is 3.79. The highest BCUT2D eigenvalue weighted by Crippen LogP contribution is 2.28. The summed E-state index contributed by atoms with van der Waals surface area (Å²) in [5.41, 5.74) is 6.09. The number of carbonyl (C=O) groups is 1. The molecular formula is C15H17N5O. The average Bonchev–Trinajstić information content (AvgIpc) is 2.55. The fourth-order valence-corrected chi connectivity index (χ4v) is 2.62. The lowest BCUT2D eigenvalue weighted by molar-refractivity contribution is 0.102. The number of hydrogen-bond acceptors (Lipinski definition) is 5. The van der Waals surface area contributed by atoms with Gasteiger partial charge in [0.25, 0.3) is 5.91 Å². The Bertz CT molecular complexity index is 654. The van der Waals surface area contributed by atoms with Crippen molar-refractivity contribution in [3.63, 3.8) is 0 Å². The van der Waals surface area contributed by atoms with Crippen LogP contribution in [0, 0.1) is 0 Å². The van der Waals surface area contributed by atoms with Gasteiger partial charge in [0.15, 0.2) is 11.5 Å². The molecule has 0 atom stereocenters. The Balaban J connectivity index is 1.81. The number of nitrogen functional groups attached to an aromatic ring is 1. The normalized spacial score (nSPS) is 13.4. The summed E-state index contributed by atoms with van der Waals surface area (Å²) in [6.45, 7) is 0. The quantitative estimate of drug-likeness (QED) is 0.591. The predicted octanol–water partition coefficient (Wildman–Crippen LogP) is 1.89. The third kappa shape index (κ3) is 2.85. The highest BCUT2D eigenvalue weighted by atomic mass is 16.1. The Labute approximate surface area is 122 Å². The van der Waals surface area contributed by atoms with Crippen LogP contribution in [0.25, 0.3) is 0 Å². The second-order valence-corrected chi connectivity index (χ2v) is 5.05. The molecule has 1 aromatic heterocycles. The molecule has 3 rings (SSSR count). The average molecular weight is 283 g/mol. The van der Waals surface area contributed by atoms with Gasteiger partial charge in [0.05, 0.1) is 0 Å². The molecule has 21 heavy (non-hydrogen) atoms. The molecule has 108 valence electrons. The van der Waals surface area contributed by atoms with E-state index in [4.69, 9.17) is 5.84 Å². The number of hydrazine groups is 1. The molecule has 6 nitrogen and oxygen atoms in total. The number of benzene rings is 1. The molecule has 4 N–H and O–H groups in total. The van der Waals surface area contributed by atoms with Crippen LogP contribution < -0.4 is 16.6 Å². The second kappa shape index (κ2) is 5.88. The van der Waals surface area contributed by atoms with Crippen molar-refractivity contribution in [3.05, 3.63) is 47.2 Å². The number of nitrogens with one attached hydrogen (secondary N) is 2. The Morgan fingerprint density at radius 1 is 1.10 bits per heavy atom. The number of rotatable bonds is 3. The highest BCUT2D eigenvalue weighted by molar-refractivity contribution is 6.03. The summed E-state index contributed by atoms with van der Waals surface area (Å²) in [6.07, 6.45) is 4.46. The van der Waals surface area contributed by atoms with Gasteiger partial charge in [-0.15, -0.1) is 10.2 Å². The molecule has 1 aliphatic carbocycles. The maximum absolute atomic E-state index is 12.2. The molecule has 0 radical (unpaired) electrons. The summed E-state index contributed by atoms with van der Waals surface area (Å²) in [4.78, 5) is 12.2. The van der Waals surface area contributed by atoms with Crippen molar-refractivity contribution >= 4 is 17.4 Å². The number of fused-ring (bicyclic) bond motifs is 1. The van der Waals surface area contributed by atoms with Crippen molar-refractivity contribution in [2.45, 2.75) is 25.7 Å². The van der Waals surface area contributed by atoms with Gasteiger partial charge in [-0.2, -0.15) is 0 Å². The van der Waals surface area contributed by atoms with Gasteiger partial charge in [-0.3, -0.25) is 4.79 Å². The van der Waals surface area contributed by atoms with E-state index in [1.807, 2.05) is 12.1 Å². The summed E-state index contributed by atoms with van der Waals surface area (Å²) >= 11 is 0. The number of carbonyl (C=O) groups excluding carboxylic acids is 1. The first-order chi connectivity index (χ1) is 10.3. The smallest absolute Gasteiger partial charge is 0.276 e. The molecule has 1 heterocycles. The van der Waals surface area contributed by atoms with E-state index >= 15 is 0 Å². The topological polar surface area (TPSA) is 92.9 Å². The molecule has 1 amide bonds. The third-order valence-corrected chi connectivity index (χ3v) is 3.69. The summed E-state index contributed by atoms with van der Waals surface area (Å²) in [6, 6.07) is 9.25. The largest absolute Gasteiger partial charge is 0.320 e. The fourth-order valence-electron chi connectivity index (χ4n) is 2.62. The van der Waals surface area contributed by atoms with Crippen molar-refractivity contribution < 1.29 is 4.79 Å². The van der Waals surface area contributed by atoms with Gasteiger partial charge in [0, 0.05) is 5.69 Å². The summed E-state index contributed by atoms with van der Waals surface area (Å²) in [5.74, 6) is 5.38. The second-order valence-electron chi connectivity index (χ2n) is 5.05. The van der Waals surface area contributed by atoms with Crippen LogP contribution in [0.2, 0.25) is 0 Å².